The molecule has 0 saturated heterocycles. The van der Waals surface area contributed by atoms with Gasteiger partial charge in [0.1, 0.15) is 5.15 Å². The van der Waals surface area contributed by atoms with Gasteiger partial charge in [0, 0.05) is 31.4 Å². The van der Waals surface area contributed by atoms with Gasteiger partial charge in [0.05, 0.1) is 17.1 Å². The highest BCUT2D eigenvalue weighted by Crippen LogP contribution is 2.22. The van der Waals surface area contributed by atoms with E-state index in [2.05, 4.69) is 10.4 Å². The Kier molecular flexibility index (Phi) is 6.94. The molecule has 0 aliphatic rings. The Labute approximate surface area is 187 Å². The minimum Gasteiger partial charge on any atom is -0.323 e. The van der Waals surface area contributed by atoms with Gasteiger partial charge in [-0.05, 0) is 42.8 Å². The number of carbonyl (C=O) groups is 1. The largest absolute Gasteiger partial charge is 0.323 e. The van der Waals surface area contributed by atoms with E-state index in [-0.39, 0.29) is 10.8 Å². The average Bonchev–Trinajstić information content (AvgIpc) is 3.00. The molecule has 2 aromatic carbocycles. The van der Waals surface area contributed by atoms with Gasteiger partial charge >= 0.3 is 0 Å². The number of halogens is 1. The first kappa shape index (κ1) is 22.7. The second kappa shape index (κ2) is 9.47. The Bertz CT molecular complexity index is 1200. The number of hydrogen-bond donors (Lipinski definition) is 1. The Morgan fingerprint density at radius 2 is 1.77 bits per heavy atom. The van der Waals surface area contributed by atoms with Crippen LogP contribution in [0.25, 0.3) is 6.08 Å². The van der Waals surface area contributed by atoms with Gasteiger partial charge in [-0.15, -0.1) is 0 Å². The van der Waals surface area contributed by atoms with E-state index in [4.69, 9.17) is 11.6 Å². The molecule has 3 rings (SSSR count). The Hall–Kier alpha value is -2.94. The predicted molar refractivity (Wildman–Crippen MR) is 122 cm³/mol. The molecule has 0 radical (unpaired) electrons. The highest BCUT2D eigenvalue weighted by molar-refractivity contribution is 7.89. The lowest BCUT2D eigenvalue weighted by atomic mass is 10.2. The summed E-state index contributed by atoms with van der Waals surface area (Å²) in [7, 11) is -0.589. The van der Waals surface area contributed by atoms with Gasteiger partial charge in [-0.3, -0.25) is 4.79 Å². The molecule has 1 heterocycles. The number of carbonyl (C=O) groups excluding carboxylic acids is 1. The molecule has 0 bridgehead atoms. The maximum Gasteiger partial charge on any atom is 0.248 e. The SMILES string of the molecule is Cc1nn(Cc2ccccc2)c(Cl)c1/C=C/C(=O)Nc1ccc(S(=O)(=O)N(C)C)cc1. The van der Waals surface area contributed by atoms with Crippen molar-refractivity contribution >= 4 is 39.3 Å². The summed E-state index contributed by atoms with van der Waals surface area (Å²) in [5.74, 6) is -0.366. The number of anilines is 1. The summed E-state index contributed by atoms with van der Waals surface area (Å²) in [6.45, 7) is 2.36. The first-order valence-corrected chi connectivity index (χ1v) is 11.3. The first-order chi connectivity index (χ1) is 14.7. The topological polar surface area (TPSA) is 84.3 Å². The van der Waals surface area contributed by atoms with E-state index in [0.717, 1.165) is 9.87 Å². The number of aryl methyl sites for hydroxylation is 1. The molecule has 0 aliphatic carbocycles. The number of amides is 1. The molecule has 0 spiro atoms. The molecule has 0 atom stereocenters. The Morgan fingerprint density at radius 3 is 2.39 bits per heavy atom. The molecule has 3 aromatic rings. The van der Waals surface area contributed by atoms with Crippen molar-refractivity contribution in [3.63, 3.8) is 0 Å². The molecular formula is C22H23ClN4O3S. The third kappa shape index (κ3) is 5.41. The molecule has 31 heavy (non-hydrogen) atoms. The number of rotatable bonds is 7. The monoisotopic (exact) mass is 458 g/mol. The molecule has 0 aliphatic heterocycles. The third-order valence-electron chi connectivity index (χ3n) is 4.59. The van der Waals surface area contributed by atoms with Gasteiger partial charge in [0.2, 0.25) is 15.9 Å². The second-order valence-corrected chi connectivity index (χ2v) is 9.58. The quantitative estimate of drug-likeness (QED) is 0.546. The van der Waals surface area contributed by atoms with Crippen LogP contribution in [0.4, 0.5) is 5.69 Å². The van der Waals surface area contributed by atoms with Gasteiger partial charge in [0.15, 0.2) is 0 Å². The van der Waals surface area contributed by atoms with Crippen LogP contribution in [0, 0.1) is 6.92 Å². The first-order valence-electron chi connectivity index (χ1n) is 9.47. The van der Waals surface area contributed by atoms with E-state index in [1.807, 2.05) is 37.3 Å². The summed E-state index contributed by atoms with van der Waals surface area (Å²) in [5, 5.41) is 7.60. The van der Waals surface area contributed by atoms with E-state index in [9.17, 15) is 13.2 Å². The lowest BCUT2D eigenvalue weighted by molar-refractivity contribution is -0.111. The molecule has 9 heteroatoms. The molecule has 0 fully saturated rings. The highest BCUT2D eigenvalue weighted by Gasteiger charge is 2.16. The molecular weight excluding hydrogens is 436 g/mol. The van der Waals surface area contributed by atoms with Crippen molar-refractivity contribution in [3.8, 4) is 0 Å². The number of sulfonamides is 1. The van der Waals surface area contributed by atoms with Crippen LogP contribution in [0.2, 0.25) is 5.15 Å². The maximum absolute atomic E-state index is 12.3. The standard InChI is InChI=1S/C22H23ClN4O3S/c1-16-20(22(23)27(25-16)15-17-7-5-4-6-8-17)13-14-21(28)24-18-9-11-19(12-10-18)31(29,30)26(2)3/h4-14H,15H2,1-3H3,(H,24,28)/b14-13+. The fourth-order valence-electron chi connectivity index (χ4n) is 2.88. The summed E-state index contributed by atoms with van der Waals surface area (Å²) >= 11 is 6.47. The molecule has 1 N–H and O–H groups in total. The number of nitrogens with zero attached hydrogens (tertiary/aromatic N) is 3. The molecule has 162 valence electrons. The van der Waals surface area contributed by atoms with E-state index in [1.165, 1.54) is 44.4 Å². The van der Waals surface area contributed by atoms with Crippen LogP contribution >= 0.6 is 11.6 Å². The lowest BCUT2D eigenvalue weighted by Gasteiger charge is -2.11. The van der Waals surface area contributed by atoms with Gasteiger partial charge in [-0.25, -0.2) is 17.4 Å². The van der Waals surface area contributed by atoms with Crippen molar-refractivity contribution in [2.45, 2.75) is 18.4 Å². The lowest BCUT2D eigenvalue weighted by Crippen LogP contribution is -2.22. The zero-order chi connectivity index (χ0) is 22.6. The highest BCUT2D eigenvalue weighted by atomic mass is 35.5. The van der Waals surface area contributed by atoms with Crippen LogP contribution in [-0.2, 0) is 21.4 Å². The number of nitrogens with one attached hydrogen (secondary N) is 1. The Balaban J connectivity index is 1.69. The smallest absolute Gasteiger partial charge is 0.248 e. The summed E-state index contributed by atoms with van der Waals surface area (Å²) in [4.78, 5) is 12.5. The van der Waals surface area contributed by atoms with Gasteiger partial charge in [-0.1, -0.05) is 41.9 Å². The fraction of sp³-hybridized carbons (Fsp3) is 0.182. The van der Waals surface area contributed by atoms with Gasteiger partial charge in [-0.2, -0.15) is 5.10 Å². The summed E-state index contributed by atoms with van der Waals surface area (Å²) in [6.07, 6.45) is 2.99. The van der Waals surface area contributed by atoms with Crippen molar-refractivity contribution < 1.29 is 13.2 Å². The molecule has 1 amide bonds. The Morgan fingerprint density at radius 1 is 1.13 bits per heavy atom. The molecule has 7 nitrogen and oxygen atoms in total. The summed E-state index contributed by atoms with van der Waals surface area (Å²) < 4.78 is 27.0. The predicted octanol–water partition coefficient (Wildman–Crippen LogP) is 3.80. The zero-order valence-electron chi connectivity index (χ0n) is 17.4. The normalized spacial score (nSPS) is 11.9. The zero-order valence-corrected chi connectivity index (χ0v) is 19.0. The van der Waals surface area contributed by atoms with E-state index in [0.29, 0.717) is 28.6 Å². The fourth-order valence-corrected chi connectivity index (χ4v) is 4.08. The van der Waals surface area contributed by atoms with Crippen LogP contribution in [0.3, 0.4) is 0 Å². The van der Waals surface area contributed by atoms with E-state index >= 15 is 0 Å². The molecule has 1 aromatic heterocycles. The maximum atomic E-state index is 12.3. The number of benzene rings is 2. The number of aromatic nitrogens is 2. The summed E-state index contributed by atoms with van der Waals surface area (Å²) in [5.41, 5.74) is 2.93. The van der Waals surface area contributed by atoms with Crippen molar-refractivity contribution in [3.05, 3.63) is 82.6 Å². The van der Waals surface area contributed by atoms with E-state index < -0.39 is 10.0 Å². The van der Waals surface area contributed by atoms with Crippen LogP contribution in [0.1, 0.15) is 16.8 Å². The van der Waals surface area contributed by atoms with Crippen LogP contribution < -0.4 is 5.32 Å². The number of hydrogen-bond acceptors (Lipinski definition) is 4. The van der Waals surface area contributed by atoms with Gasteiger partial charge in [0.25, 0.3) is 0 Å². The average molecular weight is 459 g/mol. The molecule has 0 saturated carbocycles. The third-order valence-corrected chi connectivity index (χ3v) is 6.81. The van der Waals surface area contributed by atoms with Crippen LogP contribution in [-0.4, -0.2) is 42.5 Å². The molecule has 0 unspecified atom stereocenters. The van der Waals surface area contributed by atoms with Crippen molar-refractivity contribution in [1.82, 2.24) is 14.1 Å². The minimum absolute atomic E-state index is 0.152. The van der Waals surface area contributed by atoms with Crippen molar-refractivity contribution in [1.29, 1.82) is 0 Å². The van der Waals surface area contributed by atoms with Crippen molar-refractivity contribution in [2.24, 2.45) is 0 Å². The summed E-state index contributed by atoms with van der Waals surface area (Å²) in [6, 6.07) is 15.8. The van der Waals surface area contributed by atoms with E-state index in [1.54, 1.807) is 10.8 Å². The minimum atomic E-state index is -3.52. The van der Waals surface area contributed by atoms with Crippen LogP contribution in [0.15, 0.2) is 65.6 Å². The van der Waals surface area contributed by atoms with Crippen LogP contribution in [0.5, 0.6) is 0 Å². The van der Waals surface area contributed by atoms with Gasteiger partial charge < -0.3 is 5.32 Å². The van der Waals surface area contributed by atoms with Crippen molar-refractivity contribution in [2.75, 3.05) is 19.4 Å². The second-order valence-electron chi connectivity index (χ2n) is 7.07.